The predicted octanol–water partition coefficient (Wildman–Crippen LogP) is 1.24. The van der Waals surface area contributed by atoms with Crippen LogP contribution in [0.1, 0.15) is 0 Å². The molecule has 0 saturated carbocycles. The minimum Gasteiger partial charge on any atom is -0.507 e. The van der Waals surface area contributed by atoms with Crippen LogP contribution >= 0.6 is 0 Å². The average Bonchev–Trinajstić information content (AvgIpc) is 2.40. The molecule has 5 heteroatoms. The Kier molecular flexibility index (Phi) is 3.74. The summed E-state index contributed by atoms with van der Waals surface area (Å²) in [5, 5.41) is 9.78. The number of hydrogen-bond acceptors (Lipinski definition) is 5. The summed E-state index contributed by atoms with van der Waals surface area (Å²) < 4.78 is 0. The fourth-order valence-electron chi connectivity index (χ4n) is 1.66. The lowest BCUT2D eigenvalue weighted by Crippen LogP contribution is -2.25. The second kappa shape index (κ2) is 5.46. The van der Waals surface area contributed by atoms with E-state index in [2.05, 4.69) is 9.97 Å². The van der Waals surface area contributed by atoms with Gasteiger partial charge in [-0.25, -0.2) is 9.97 Å². The van der Waals surface area contributed by atoms with E-state index in [1.807, 2.05) is 24.1 Å². The van der Waals surface area contributed by atoms with Gasteiger partial charge in [0.05, 0.1) is 5.56 Å². The smallest absolute Gasteiger partial charge is 0.165 e. The monoisotopic (exact) mass is 244 g/mol. The molecule has 18 heavy (non-hydrogen) atoms. The van der Waals surface area contributed by atoms with Crippen molar-refractivity contribution >= 4 is 5.82 Å². The SMILES string of the molecule is CN(CCN)c1ccnc(-c2ccccc2O)n1. The summed E-state index contributed by atoms with van der Waals surface area (Å²) in [6, 6.07) is 8.84. The zero-order chi connectivity index (χ0) is 13.0. The van der Waals surface area contributed by atoms with Crippen LogP contribution in [-0.2, 0) is 0 Å². The topological polar surface area (TPSA) is 75.3 Å². The number of aromatic nitrogens is 2. The second-order valence-corrected chi connectivity index (χ2v) is 3.97. The summed E-state index contributed by atoms with van der Waals surface area (Å²) in [6.45, 7) is 1.28. The predicted molar refractivity (Wildman–Crippen MR) is 71.5 cm³/mol. The Morgan fingerprint density at radius 2 is 2.06 bits per heavy atom. The largest absolute Gasteiger partial charge is 0.507 e. The Balaban J connectivity index is 2.36. The molecule has 0 bridgehead atoms. The van der Waals surface area contributed by atoms with Gasteiger partial charge >= 0.3 is 0 Å². The molecule has 5 nitrogen and oxygen atoms in total. The van der Waals surface area contributed by atoms with Crippen LogP contribution in [0.5, 0.6) is 5.75 Å². The minimum atomic E-state index is 0.177. The van der Waals surface area contributed by atoms with Crippen molar-refractivity contribution in [1.82, 2.24) is 9.97 Å². The van der Waals surface area contributed by atoms with Gasteiger partial charge in [-0.3, -0.25) is 0 Å². The van der Waals surface area contributed by atoms with Gasteiger partial charge in [0.1, 0.15) is 11.6 Å². The third kappa shape index (κ3) is 2.57. The normalized spacial score (nSPS) is 10.3. The molecular formula is C13H16N4O. The highest BCUT2D eigenvalue weighted by atomic mass is 16.3. The number of hydrogen-bond donors (Lipinski definition) is 2. The summed E-state index contributed by atoms with van der Waals surface area (Å²) in [6.07, 6.45) is 1.68. The third-order valence-electron chi connectivity index (χ3n) is 2.64. The van der Waals surface area contributed by atoms with Gasteiger partial charge in [0.25, 0.3) is 0 Å². The Morgan fingerprint density at radius 1 is 1.28 bits per heavy atom. The quantitative estimate of drug-likeness (QED) is 0.846. The number of phenolic OH excluding ortho intramolecular Hbond substituents is 1. The van der Waals surface area contributed by atoms with Crippen molar-refractivity contribution < 1.29 is 5.11 Å². The van der Waals surface area contributed by atoms with Gasteiger partial charge in [0.2, 0.25) is 0 Å². The zero-order valence-electron chi connectivity index (χ0n) is 10.2. The van der Waals surface area contributed by atoms with E-state index in [1.54, 1.807) is 24.4 Å². The standard InChI is InChI=1S/C13H16N4O/c1-17(9-7-14)12-6-8-15-13(16-12)10-4-2-3-5-11(10)18/h2-6,8,18H,7,9,14H2,1H3. The van der Waals surface area contributed by atoms with E-state index >= 15 is 0 Å². The molecule has 0 aliphatic heterocycles. The number of aromatic hydroxyl groups is 1. The van der Waals surface area contributed by atoms with Crippen molar-refractivity contribution in [3.05, 3.63) is 36.5 Å². The molecule has 0 fully saturated rings. The third-order valence-corrected chi connectivity index (χ3v) is 2.64. The first-order chi connectivity index (χ1) is 8.72. The molecule has 0 aliphatic carbocycles. The average molecular weight is 244 g/mol. The molecule has 0 aliphatic rings. The van der Waals surface area contributed by atoms with E-state index in [9.17, 15) is 5.11 Å². The Morgan fingerprint density at radius 3 is 2.78 bits per heavy atom. The van der Waals surface area contributed by atoms with Crippen LogP contribution in [0.15, 0.2) is 36.5 Å². The maximum Gasteiger partial charge on any atom is 0.165 e. The van der Waals surface area contributed by atoms with Crippen LogP contribution < -0.4 is 10.6 Å². The van der Waals surface area contributed by atoms with Gasteiger partial charge < -0.3 is 15.7 Å². The minimum absolute atomic E-state index is 0.177. The molecule has 0 atom stereocenters. The molecule has 2 rings (SSSR count). The maximum atomic E-state index is 9.78. The van der Waals surface area contributed by atoms with Crippen molar-refractivity contribution in [3.63, 3.8) is 0 Å². The summed E-state index contributed by atoms with van der Waals surface area (Å²) in [7, 11) is 1.92. The van der Waals surface area contributed by atoms with Crippen LogP contribution in [0.3, 0.4) is 0 Å². The lowest BCUT2D eigenvalue weighted by molar-refractivity contribution is 0.477. The molecule has 1 aromatic carbocycles. The Labute approximate surface area is 106 Å². The highest BCUT2D eigenvalue weighted by Crippen LogP contribution is 2.26. The molecular weight excluding hydrogens is 228 g/mol. The van der Waals surface area contributed by atoms with E-state index < -0.39 is 0 Å². The lowest BCUT2D eigenvalue weighted by Gasteiger charge is -2.17. The Bertz CT molecular complexity index is 530. The van der Waals surface area contributed by atoms with Gasteiger partial charge in [0.15, 0.2) is 5.82 Å². The van der Waals surface area contributed by atoms with E-state index in [1.165, 1.54) is 0 Å². The first kappa shape index (κ1) is 12.3. The number of nitrogens with two attached hydrogens (primary N) is 1. The van der Waals surface area contributed by atoms with Gasteiger partial charge in [-0.05, 0) is 18.2 Å². The molecule has 0 radical (unpaired) electrons. The summed E-state index contributed by atoms with van der Waals surface area (Å²) >= 11 is 0. The fourth-order valence-corrected chi connectivity index (χ4v) is 1.66. The number of para-hydroxylation sites is 1. The van der Waals surface area contributed by atoms with Crippen molar-refractivity contribution in [2.24, 2.45) is 5.73 Å². The zero-order valence-corrected chi connectivity index (χ0v) is 10.2. The van der Waals surface area contributed by atoms with Crippen LogP contribution in [-0.4, -0.2) is 35.2 Å². The van der Waals surface area contributed by atoms with E-state index in [0.29, 0.717) is 17.9 Å². The fraction of sp³-hybridized carbons (Fsp3) is 0.231. The van der Waals surface area contributed by atoms with Gasteiger partial charge in [-0.2, -0.15) is 0 Å². The summed E-state index contributed by atoms with van der Waals surface area (Å²) in [5.74, 6) is 1.47. The number of rotatable bonds is 4. The number of phenols is 1. The lowest BCUT2D eigenvalue weighted by atomic mass is 10.2. The molecule has 0 unspecified atom stereocenters. The molecule has 0 amide bonds. The Hall–Kier alpha value is -2.14. The van der Waals surface area contributed by atoms with E-state index in [-0.39, 0.29) is 5.75 Å². The van der Waals surface area contributed by atoms with E-state index in [4.69, 9.17) is 5.73 Å². The molecule has 3 N–H and O–H groups in total. The van der Waals surface area contributed by atoms with Crippen LogP contribution in [0.4, 0.5) is 5.82 Å². The molecule has 2 aromatic rings. The number of anilines is 1. The maximum absolute atomic E-state index is 9.78. The molecule has 0 saturated heterocycles. The number of benzene rings is 1. The second-order valence-electron chi connectivity index (χ2n) is 3.97. The van der Waals surface area contributed by atoms with Gasteiger partial charge in [-0.1, -0.05) is 12.1 Å². The van der Waals surface area contributed by atoms with Crippen molar-refractivity contribution in [2.75, 3.05) is 25.0 Å². The van der Waals surface area contributed by atoms with Crippen molar-refractivity contribution in [3.8, 4) is 17.1 Å². The number of likely N-dealkylation sites (N-methyl/N-ethyl adjacent to an activating group) is 1. The molecule has 0 spiro atoms. The van der Waals surface area contributed by atoms with Crippen LogP contribution in [0.2, 0.25) is 0 Å². The van der Waals surface area contributed by atoms with Gasteiger partial charge in [-0.15, -0.1) is 0 Å². The highest BCUT2D eigenvalue weighted by Gasteiger charge is 2.08. The molecule has 1 aromatic heterocycles. The first-order valence-corrected chi connectivity index (χ1v) is 5.75. The van der Waals surface area contributed by atoms with Crippen LogP contribution in [0, 0.1) is 0 Å². The van der Waals surface area contributed by atoms with E-state index in [0.717, 1.165) is 12.4 Å². The molecule has 1 heterocycles. The van der Waals surface area contributed by atoms with Gasteiger partial charge in [0, 0.05) is 26.3 Å². The van der Waals surface area contributed by atoms with Crippen molar-refractivity contribution in [1.29, 1.82) is 0 Å². The van der Waals surface area contributed by atoms with Crippen molar-refractivity contribution in [2.45, 2.75) is 0 Å². The summed E-state index contributed by atoms with van der Waals surface area (Å²) in [4.78, 5) is 10.6. The summed E-state index contributed by atoms with van der Waals surface area (Å²) in [5.41, 5.74) is 6.14. The highest BCUT2D eigenvalue weighted by molar-refractivity contribution is 5.64. The van der Waals surface area contributed by atoms with Crippen LogP contribution in [0.25, 0.3) is 11.4 Å². The number of nitrogens with zero attached hydrogens (tertiary/aromatic N) is 3. The molecule has 94 valence electrons. The first-order valence-electron chi connectivity index (χ1n) is 5.75.